The lowest BCUT2D eigenvalue weighted by atomic mass is 9.96. The first-order valence-electron chi connectivity index (χ1n) is 8.78. The van der Waals surface area contributed by atoms with Crippen molar-refractivity contribution in [1.29, 1.82) is 0 Å². The third-order valence-electron chi connectivity index (χ3n) is 5.44. The lowest BCUT2D eigenvalue weighted by Gasteiger charge is -2.23. The van der Waals surface area contributed by atoms with E-state index >= 15 is 0 Å². The number of hydrogen-bond donors (Lipinski definition) is 2. The summed E-state index contributed by atoms with van der Waals surface area (Å²) >= 11 is 0. The smallest absolute Gasteiger partial charge is 0.234 e. The van der Waals surface area contributed by atoms with Gasteiger partial charge in [-0.1, -0.05) is 36.8 Å². The van der Waals surface area contributed by atoms with Crippen LogP contribution in [0.5, 0.6) is 0 Å². The standard InChI is InChI=1S/C19H28N2O2/c1-21(12-15-6-5-9-17(15)22)13-18(23)20-14-19(10-11-19)16-7-3-2-4-8-16/h2-4,7-8,15,17,22H,5-6,9-14H2,1H3,(H,20,23). The van der Waals surface area contributed by atoms with Crippen molar-refractivity contribution in [2.75, 3.05) is 26.7 Å². The molecular weight excluding hydrogens is 288 g/mol. The molecular formula is C19H28N2O2. The number of aliphatic hydroxyl groups is 1. The van der Waals surface area contributed by atoms with Crippen LogP contribution in [0.25, 0.3) is 0 Å². The van der Waals surface area contributed by atoms with E-state index in [1.165, 1.54) is 5.56 Å². The molecule has 0 saturated heterocycles. The number of amides is 1. The number of nitrogens with one attached hydrogen (secondary N) is 1. The fourth-order valence-electron chi connectivity index (χ4n) is 3.77. The molecule has 4 heteroatoms. The largest absolute Gasteiger partial charge is 0.393 e. The summed E-state index contributed by atoms with van der Waals surface area (Å²) in [6.07, 6.45) is 5.20. The molecule has 0 heterocycles. The molecule has 0 radical (unpaired) electrons. The van der Waals surface area contributed by atoms with E-state index in [0.29, 0.717) is 12.5 Å². The van der Waals surface area contributed by atoms with Crippen LogP contribution in [0.4, 0.5) is 0 Å². The summed E-state index contributed by atoms with van der Waals surface area (Å²) in [4.78, 5) is 14.2. The molecule has 1 aromatic carbocycles. The molecule has 1 aromatic rings. The van der Waals surface area contributed by atoms with Crippen molar-refractivity contribution < 1.29 is 9.90 Å². The van der Waals surface area contributed by atoms with Crippen molar-refractivity contribution in [2.45, 2.75) is 43.6 Å². The van der Waals surface area contributed by atoms with Gasteiger partial charge in [-0.3, -0.25) is 9.69 Å². The number of carbonyl (C=O) groups excluding carboxylic acids is 1. The van der Waals surface area contributed by atoms with Gasteiger partial charge in [0.05, 0.1) is 12.6 Å². The normalized spacial score (nSPS) is 25.5. The second kappa shape index (κ2) is 7.02. The summed E-state index contributed by atoms with van der Waals surface area (Å²) in [6, 6.07) is 10.5. The van der Waals surface area contributed by atoms with Crippen molar-refractivity contribution in [1.82, 2.24) is 10.2 Å². The topological polar surface area (TPSA) is 52.6 Å². The lowest BCUT2D eigenvalue weighted by molar-refractivity contribution is -0.122. The van der Waals surface area contributed by atoms with E-state index in [4.69, 9.17) is 0 Å². The first-order chi connectivity index (χ1) is 11.1. The van der Waals surface area contributed by atoms with Gasteiger partial charge in [0.25, 0.3) is 0 Å². The Bertz CT molecular complexity index is 527. The zero-order valence-corrected chi connectivity index (χ0v) is 14.0. The van der Waals surface area contributed by atoms with Gasteiger partial charge in [-0.2, -0.15) is 0 Å². The highest BCUT2D eigenvalue weighted by molar-refractivity contribution is 5.78. The number of nitrogens with zero attached hydrogens (tertiary/aromatic N) is 1. The van der Waals surface area contributed by atoms with E-state index in [0.717, 1.165) is 45.2 Å². The van der Waals surface area contributed by atoms with Crippen LogP contribution in [0.15, 0.2) is 30.3 Å². The van der Waals surface area contributed by atoms with Crippen LogP contribution in [-0.2, 0) is 10.2 Å². The number of rotatable bonds is 7. The Kier molecular flexibility index (Phi) is 5.02. The minimum atomic E-state index is -0.187. The molecule has 4 nitrogen and oxygen atoms in total. The highest BCUT2D eigenvalue weighted by Gasteiger charge is 2.44. The SMILES string of the molecule is CN(CC(=O)NCC1(c2ccccc2)CC1)CC1CCCC1O. The Morgan fingerprint density at radius 2 is 2.04 bits per heavy atom. The van der Waals surface area contributed by atoms with E-state index < -0.39 is 0 Å². The second-order valence-electron chi connectivity index (χ2n) is 7.38. The molecule has 0 aliphatic heterocycles. The summed E-state index contributed by atoms with van der Waals surface area (Å²) in [5.41, 5.74) is 1.50. The Morgan fingerprint density at radius 3 is 2.65 bits per heavy atom. The fourth-order valence-corrected chi connectivity index (χ4v) is 3.77. The summed E-state index contributed by atoms with van der Waals surface area (Å²) < 4.78 is 0. The Labute approximate surface area is 138 Å². The number of aliphatic hydroxyl groups excluding tert-OH is 1. The Balaban J connectivity index is 1.43. The molecule has 0 spiro atoms. The second-order valence-corrected chi connectivity index (χ2v) is 7.38. The molecule has 1 amide bonds. The van der Waals surface area contributed by atoms with Gasteiger partial charge in [-0.25, -0.2) is 0 Å². The molecule has 0 bridgehead atoms. The van der Waals surface area contributed by atoms with Gasteiger partial charge in [-0.05, 0) is 44.2 Å². The minimum Gasteiger partial charge on any atom is -0.393 e. The van der Waals surface area contributed by atoms with Gasteiger partial charge in [-0.15, -0.1) is 0 Å². The zero-order chi connectivity index (χ0) is 16.3. The summed E-state index contributed by atoms with van der Waals surface area (Å²) in [7, 11) is 1.97. The average Bonchev–Trinajstić information content (AvgIpc) is 3.25. The number of carbonyl (C=O) groups is 1. The third-order valence-corrected chi connectivity index (χ3v) is 5.44. The van der Waals surface area contributed by atoms with Gasteiger partial charge < -0.3 is 10.4 Å². The summed E-state index contributed by atoms with van der Waals surface area (Å²) in [5.74, 6) is 0.411. The van der Waals surface area contributed by atoms with Crippen molar-refractivity contribution >= 4 is 5.91 Å². The molecule has 2 aliphatic carbocycles. The third kappa shape index (κ3) is 4.12. The van der Waals surface area contributed by atoms with E-state index in [9.17, 15) is 9.90 Å². The molecule has 2 N–H and O–H groups in total. The number of likely N-dealkylation sites (N-methyl/N-ethyl adjacent to an activating group) is 1. The molecule has 2 saturated carbocycles. The van der Waals surface area contributed by atoms with Gasteiger partial charge in [0.1, 0.15) is 0 Å². The average molecular weight is 316 g/mol. The molecule has 3 rings (SSSR count). The first kappa shape index (κ1) is 16.5. The lowest BCUT2D eigenvalue weighted by Crippen LogP contribution is -2.41. The fraction of sp³-hybridized carbons (Fsp3) is 0.632. The molecule has 23 heavy (non-hydrogen) atoms. The van der Waals surface area contributed by atoms with Crippen LogP contribution in [0, 0.1) is 5.92 Å². The van der Waals surface area contributed by atoms with E-state index in [2.05, 4.69) is 29.6 Å². The number of hydrogen-bond acceptors (Lipinski definition) is 3. The van der Waals surface area contributed by atoms with Crippen LogP contribution in [-0.4, -0.2) is 48.7 Å². The summed E-state index contributed by atoms with van der Waals surface area (Å²) in [6.45, 7) is 1.95. The van der Waals surface area contributed by atoms with Gasteiger partial charge in [0.2, 0.25) is 5.91 Å². The first-order valence-corrected chi connectivity index (χ1v) is 8.78. The maximum absolute atomic E-state index is 12.2. The van der Waals surface area contributed by atoms with Gasteiger partial charge in [0.15, 0.2) is 0 Å². The molecule has 0 aromatic heterocycles. The molecule has 2 unspecified atom stereocenters. The van der Waals surface area contributed by atoms with Crippen LogP contribution in [0.3, 0.4) is 0 Å². The highest BCUT2D eigenvalue weighted by atomic mass is 16.3. The monoisotopic (exact) mass is 316 g/mol. The predicted molar refractivity (Wildman–Crippen MR) is 91.2 cm³/mol. The quantitative estimate of drug-likeness (QED) is 0.808. The zero-order valence-electron chi connectivity index (χ0n) is 14.0. The van der Waals surface area contributed by atoms with Crippen LogP contribution in [0.1, 0.15) is 37.7 Å². The minimum absolute atomic E-state index is 0.0854. The summed E-state index contributed by atoms with van der Waals surface area (Å²) in [5, 5.41) is 13.0. The van der Waals surface area contributed by atoms with Crippen molar-refractivity contribution in [3.63, 3.8) is 0 Å². The van der Waals surface area contributed by atoms with Crippen LogP contribution >= 0.6 is 0 Å². The van der Waals surface area contributed by atoms with Gasteiger partial charge in [0, 0.05) is 18.5 Å². The number of benzene rings is 1. The highest BCUT2D eigenvalue weighted by Crippen LogP contribution is 2.47. The van der Waals surface area contributed by atoms with E-state index in [-0.39, 0.29) is 17.4 Å². The maximum atomic E-state index is 12.2. The molecule has 2 atom stereocenters. The molecule has 2 aliphatic rings. The van der Waals surface area contributed by atoms with E-state index in [1.54, 1.807) is 0 Å². The molecule has 126 valence electrons. The maximum Gasteiger partial charge on any atom is 0.234 e. The van der Waals surface area contributed by atoms with Crippen LogP contribution in [0.2, 0.25) is 0 Å². The van der Waals surface area contributed by atoms with Gasteiger partial charge >= 0.3 is 0 Å². The Hall–Kier alpha value is -1.39. The van der Waals surface area contributed by atoms with Crippen molar-refractivity contribution in [3.8, 4) is 0 Å². The van der Waals surface area contributed by atoms with Crippen molar-refractivity contribution in [3.05, 3.63) is 35.9 Å². The Morgan fingerprint density at radius 1 is 1.30 bits per heavy atom. The predicted octanol–water partition coefficient (Wildman–Crippen LogP) is 1.93. The van der Waals surface area contributed by atoms with Crippen molar-refractivity contribution in [2.24, 2.45) is 5.92 Å². The van der Waals surface area contributed by atoms with E-state index in [1.807, 2.05) is 18.0 Å². The molecule has 2 fully saturated rings. The van der Waals surface area contributed by atoms with Crippen LogP contribution < -0.4 is 5.32 Å².